The van der Waals surface area contributed by atoms with Crippen molar-refractivity contribution in [3.8, 4) is 5.75 Å². The van der Waals surface area contributed by atoms with E-state index in [1.165, 1.54) is 0 Å². The molecule has 0 spiro atoms. The fraction of sp³-hybridized carbons (Fsp3) is 0.250. The molecule has 0 aliphatic rings. The molecule has 1 aromatic carbocycles. The van der Waals surface area contributed by atoms with Crippen molar-refractivity contribution in [3.63, 3.8) is 0 Å². The summed E-state index contributed by atoms with van der Waals surface area (Å²) < 4.78 is 5.55. The van der Waals surface area contributed by atoms with E-state index < -0.39 is 0 Å². The number of ether oxygens (including phenoxy) is 1. The van der Waals surface area contributed by atoms with E-state index in [9.17, 15) is 4.79 Å². The molecule has 0 aliphatic carbocycles. The highest BCUT2D eigenvalue weighted by Crippen LogP contribution is 2.22. The Labute approximate surface area is 129 Å². The third kappa shape index (κ3) is 4.46. The number of carbonyl (C=O) groups excluding carboxylic acids is 1. The van der Waals surface area contributed by atoms with Gasteiger partial charge in [0.25, 0.3) is 0 Å². The van der Waals surface area contributed by atoms with Crippen molar-refractivity contribution in [1.29, 1.82) is 0 Å². The second kappa shape index (κ2) is 7.09. The fourth-order valence-electron chi connectivity index (χ4n) is 1.84. The van der Waals surface area contributed by atoms with Crippen LogP contribution in [0.5, 0.6) is 5.75 Å². The van der Waals surface area contributed by atoms with Crippen molar-refractivity contribution in [2.75, 3.05) is 11.9 Å². The summed E-state index contributed by atoms with van der Waals surface area (Å²) in [7, 11) is 0. The van der Waals surface area contributed by atoms with Gasteiger partial charge in [0, 0.05) is 6.20 Å². The molecule has 0 aliphatic heterocycles. The number of hydrogen-bond donors (Lipinski definition) is 1. The number of hydrogen-bond acceptors (Lipinski definition) is 3. The summed E-state index contributed by atoms with van der Waals surface area (Å²) in [6, 6.07) is 9.51. The van der Waals surface area contributed by atoms with Gasteiger partial charge >= 0.3 is 0 Å². The van der Waals surface area contributed by atoms with Crippen LogP contribution in [0.4, 0.5) is 5.69 Å². The Bertz CT molecular complexity index is 624. The van der Waals surface area contributed by atoms with Gasteiger partial charge in [-0.15, -0.1) is 0 Å². The average Bonchev–Trinajstić information content (AvgIpc) is 2.43. The molecular formula is C16H17ClN2O2. The summed E-state index contributed by atoms with van der Waals surface area (Å²) >= 11 is 5.96. The zero-order valence-corrected chi connectivity index (χ0v) is 12.8. The zero-order chi connectivity index (χ0) is 15.2. The van der Waals surface area contributed by atoms with Crippen LogP contribution in [0.15, 0.2) is 36.5 Å². The number of aryl methyl sites for hydroxylation is 2. The second-order valence-corrected chi connectivity index (χ2v) is 5.11. The Morgan fingerprint density at radius 1 is 1.33 bits per heavy atom. The first-order valence-corrected chi connectivity index (χ1v) is 7.04. The minimum Gasteiger partial charge on any atom is -0.493 e. The van der Waals surface area contributed by atoms with E-state index in [4.69, 9.17) is 16.3 Å². The van der Waals surface area contributed by atoms with Gasteiger partial charge in [0.2, 0.25) is 5.91 Å². The van der Waals surface area contributed by atoms with Crippen LogP contribution in [-0.4, -0.2) is 17.5 Å². The van der Waals surface area contributed by atoms with Gasteiger partial charge in [-0.2, -0.15) is 0 Å². The number of rotatable bonds is 5. The van der Waals surface area contributed by atoms with Gasteiger partial charge in [-0.1, -0.05) is 23.7 Å². The molecule has 110 valence electrons. The topological polar surface area (TPSA) is 51.2 Å². The van der Waals surface area contributed by atoms with Crippen LogP contribution in [-0.2, 0) is 4.79 Å². The van der Waals surface area contributed by atoms with Crippen LogP contribution in [0.3, 0.4) is 0 Å². The van der Waals surface area contributed by atoms with Crippen molar-refractivity contribution >= 4 is 23.2 Å². The molecule has 1 heterocycles. The van der Waals surface area contributed by atoms with Gasteiger partial charge < -0.3 is 10.1 Å². The minimum atomic E-state index is -0.152. The molecule has 2 aromatic rings. The number of aromatic nitrogens is 1. The number of benzene rings is 1. The molecule has 0 fully saturated rings. The Hall–Kier alpha value is -2.07. The number of anilines is 1. The van der Waals surface area contributed by atoms with Crippen molar-refractivity contribution in [1.82, 2.24) is 4.98 Å². The molecule has 2 rings (SSSR count). The van der Waals surface area contributed by atoms with Crippen LogP contribution in [0.25, 0.3) is 0 Å². The first-order chi connectivity index (χ1) is 10.1. The predicted molar refractivity (Wildman–Crippen MR) is 83.9 cm³/mol. The molecule has 0 bridgehead atoms. The monoisotopic (exact) mass is 304 g/mol. The third-order valence-electron chi connectivity index (χ3n) is 2.96. The third-order valence-corrected chi connectivity index (χ3v) is 3.25. The van der Waals surface area contributed by atoms with Crippen molar-refractivity contribution in [2.45, 2.75) is 20.3 Å². The predicted octanol–water partition coefficient (Wildman–Crippen LogP) is 3.76. The summed E-state index contributed by atoms with van der Waals surface area (Å²) in [4.78, 5) is 15.8. The summed E-state index contributed by atoms with van der Waals surface area (Å²) in [5.41, 5.74) is 2.55. The molecule has 1 aromatic heterocycles. The molecule has 0 saturated carbocycles. The first kappa shape index (κ1) is 15.3. The van der Waals surface area contributed by atoms with Crippen LogP contribution < -0.4 is 10.1 Å². The van der Waals surface area contributed by atoms with Gasteiger partial charge in [0.1, 0.15) is 5.75 Å². The van der Waals surface area contributed by atoms with E-state index in [-0.39, 0.29) is 12.3 Å². The largest absolute Gasteiger partial charge is 0.493 e. The van der Waals surface area contributed by atoms with Gasteiger partial charge in [0.05, 0.1) is 18.7 Å². The van der Waals surface area contributed by atoms with E-state index in [1.807, 2.05) is 38.1 Å². The molecule has 0 radical (unpaired) electrons. The molecule has 0 atom stereocenters. The van der Waals surface area contributed by atoms with E-state index >= 15 is 0 Å². The first-order valence-electron chi connectivity index (χ1n) is 6.66. The highest BCUT2D eigenvalue weighted by atomic mass is 35.5. The minimum absolute atomic E-state index is 0.152. The molecule has 5 heteroatoms. The molecule has 1 N–H and O–H groups in total. The lowest BCUT2D eigenvalue weighted by Gasteiger charge is -2.10. The molecule has 1 amide bonds. The van der Waals surface area contributed by atoms with E-state index in [0.29, 0.717) is 17.4 Å². The maximum absolute atomic E-state index is 11.9. The van der Waals surface area contributed by atoms with E-state index in [1.54, 1.807) is 12.3 Å². The maximum Gasteiger partial charge on any atom is 0.227 e. The standard InChI is InChI=1S/C16H17ClN2O2/c1-11-4-3-5-13(10-11)21-9-7-14(20)19-15-12(2)6-8-18-16(15)17/h3-6,8,10H,7,9H2,1-2H3,(H,19,20). The van der Waals surface area contributed by atoms with Crippen LogP contribution in [0.2, 0.25) is 5.15 Å². The van der Waals surface area contributed by atoms with Crippen LogP contribution in [0.1, 0.15) is 17.5 Å². The molecule has 0 saturated heterocycles. The summed E-state index contributed by atoms with van der Waals surface area (Å²) in [5, 5.41) is 3.06. The lowest BCUT2D eigenvalue weighted by Crippen LogP contribution is -2.16. The molecule has 4 nitrogen and oxygen atoms in total. The van der Waals surface area contributed by atoms with Gasteiger partial charge in [-0.05, 0) is 43.2 Å². The second-order valence-electron chi connectivity index (χ2n) is 4.76. The van der Waals surface area contributed by atoms with Crippen molar-refractivity contribution in [3.05, 3.63) is 52.8 Å². The number of pyridine rings is 1. The van der Waals surface area contributed by atoms with Gasteiger partial charge in [0.15, 0.2) is 5.15 Å². The number of amides is 1. The maximum atomic E-state index is 11.9. The zero-order valence-electron chi connectivity index (χ0n) is 12.0. The number of carbonyl (C=O) groups is 1. The van der Waals surface area contributed by atoms with Crippen LogP contribution in [0, 0.1) is 13.8 Å². The summed E-state index contributed by atoms with van der Waals surface area (Å²) in [6.45, 7) is 4.17. The van der Waals surface area contributed by atoms with Crippen LogP contribution >= 0.6 is 11.6 Å². The fourth-order valence-corrected chi connectivity index (χ4v) is 2.10. The summed E-state index contributed by atoms with van der Waals surface area (Å²) in [6.07, 6.45) is 1.85. The Balaban J connectivity index is 1.85. The quantitative estimate of drug-likeness (QED) is 0.856. The summed E-state index contributed by atoms with van der Waals surface area (Å²) in [5.74, 6) is 0.610. The average molecular weight is 305 g/mol. The number of halogens is 1. The highest BCUT2D eigenvalue weighted by molar-refractivity contribution is 6.32. The van der Waals surface area contributed by atoms with Crippen molar-refractivity contribution < 1.29 is 9.53 Å². The molecular weight excluding hydrogens is 288 g/mol. The van der Waals surface area contributed by atoms with E-state index in [0.717, 1.165) is 16.9 Å². The number of nitrogens with one attached hydrogen (secondary N) is 1. The Kier molecular flexibility index (Phi) is 5.17. The lowest BCUT2D eigenvalue weighted by molar-refractivity contribution is -0.116. The Morgan fingerprint density at radius 3 is 2.86 bits per heavy atom. The lowest BCUT2D eigenvalue weighted by atomic mass is 10.2. The highest BCUT2D eigenvalue weighted by Gasteiger charge is 2.09. The molecule has 21 heavy (non-hydrogen) atoms. The van der Waals surface area contributed by atoms with Gasteiger partial charge in [-0.3, -0.25) is 4.79 Å². The normalized spacial score (nSPS) is 10.2. The van der Waals surface area contributed by atoms with E-state index in [2.05, 4.69) is 10.3 Å². The smallest absolute Gasteiger partial charge is 0.227 e. The molecule has 0 unspecified atom stereocenters. The Morgan fingerprint density at radius 2 is 2.14 bits per heavy atom. The number of nitrogens with zero attached hydrogens (tertiary/aromatic N) is 1. The van der Waals surface area contributed by atoms with Crippen molar-refractivity contribution in [2.24, 2.45) is 0 Å². The van der Waals surface area contributed by atoms with Gasteiger partial charge in [-0.25, -0.2) is 4.98 Å². The SMILES string of the molecule is Cc1cccc(OCCC(=O)Nc2c(C)ccnc2Cl)c1.